The number of hydrogen-bond acceptors (Lipinski definition) is 4. The summed E-state index contributed by atoms with van der Waals surface area (Å²) in [6, 6.07) is 6.21. The van der Waals surface area contributed by atoms with Crippen LogP contribution in [0.2, 0.25) is 0 Å². The molecule has 0 bridgehead atoms. The van der Waals surface area contributed by atoms with E-state index in [0.717, 1.165) is 38.8 Å². The molecule has 2 aromatic heterocycles. The Morgan fingerprint density at radius 3 is 3.04 bits per heavy atom. The molecule has 0 aliphatic carbocycles. The monoisotopic (exact) mass is 373 g/mol. The van der Waals surface area contributed by atoms with E-state index in [9.17, 15) is 0 Å². The van der Waals surface area contributed by atoms with Crippen LogP contribution in [-0.4, -0.2) is 38.0 Å². The van der Waals surface area contributed by atoms with E-state index in [1.54, 1.807) is 7.11 Å². The first-order valence-electron chi connectivity index (χ1n) is 7.43. The molecule has 1 aromatic carbocycles. The fourth-order valence-corrected chi connectivity index (χ4v) is 3.26. The minimum Gasteiger partial charge on any atom is -0.384 e. The number of nitrogens with zero attached hydrogens (tertiary/aromatic N) is 5. The first kappa shape index (κ1) is 14.6. The van der Waals surface area contributed by atoms with E-state index in [1.165, 1.54) is 0 Å². The van der Waals surface area contributed by atoms with E-state index >= 15 is 0 Å². The number of benzene rings is 1. The molecular weight excluding hydrogens is 358 g/mol. The Morgan fingerprint density at radius 2 is 2.22 bits per heavy atom. The molecular formula is C16H16BrN5O. The zero-order valence-electron chi connectivity index (χ0n) is 13.0. The second kappa shape index (κ2) is 5.58. The quantitative estimate of drug-likeness (QED) is 0.553. The van der Waals surface area contributed by atoms with Gasteiger partial charge in [-0.1, -0.05) is 15.9 Å². The van der Waals surface area contributed by atoms with Gasteiger partial charge in [-0.2, -0.15) is 5.10 Å². The van der Waals surface area contributed by atoms with Crippen LogP contribution < -0.4 is 0 Å². The Hall–Kier alpha value is -1.99. The zero-order valence-corrected chi connectivity index (χ0v) is 14.5. The molecule has 0 unspecified atom stereocenters. The molecule has 0 radical (unpaired) electrons. The van der Waals surface area contributed by atoms with E-state index in [0.29, 0.717) is 19.6 Å². The lowest BCUT2D eigenvalue weighted by Crippen LogP contribution is -2.06. The largest absolute Gasteiger partial charge is 0.384 e. The maximum Gasteiger partial charge on any atom is 0.160 e. The summed E-state index contributed by atoms with van der Waals surface area (Å²) in [4.78, 5) is 9.20. The molecule has 3 heterocycles. The molecule has 0 fully saturated rings. The Morgan fingerprint density at radius 1 is 1.35 bits per heavy atom. The number of hydrogen-bond donors (Lipinski definition) is 0. The third-order valence-corrected chi connectivity index (χ3v) is 4.57. The number of methoxy groups -OCH3 is 1. The van der Waals surface area contributed by atoms with Crippen LogP contribution in [0.1, 0.15) is 17.2 Å². The SMILES string of the molecule is COCCc1nc2n(n1)Cc1c(C)ncn1-c1ccc(Br)cc1-2. The lowest BCUT2D eigenvalue weighted by molar-refractivity contribution is 0.200. The summed E-state index contributed by atoms with van der Waals surface area (Å²) in [5, 5.41) is 4.67. The van der Waals surface area contributed by atoms with Gasteiger partial charge in [0.25, 0.3) is 0 Å². The van der Waals surface area contributed by atoms with Gasteiger partial charge >= 0.3 is 0 Å². The van der Waals surface area contributed by atoms with E-state index in [1.807, 2.05) is 24.0 Å². The number of aromatic nitrogens is 5. The molecule has 0 atom stereocenters. The highest BCUT2D eigenvalue weighted by atomic mass is 79.9. The number of imidazole rings is 1. The summed E-state index contributed by atoms with van der Waals surface area (Å²) >= 11 is 3.56. The standard InChI is InChI=1S/C16H16BrN5O/c1-10-14-8-22-16(19-15(20-22)5-6-23-2)12-7-11(17)3-4-13(12)21(14)9-18-10/h3-4,7,9H,5-6,8H2,1-2H3. The second-order valence-corrected chi connectivity index (χ2v) is 6.48. The number of halogens is 1. The summed E-state index contributed by atoms with van der Waals surface area (Å²) in [6.07, 6.45) is 2.58. The maximum absolute atomic E-state index is 5.14. The van der Waals surface area contributed by atoms with Crippen LogP contribution in [-0.2, 0) is 17.7 Å². The van der Waals surface area contributed by atoms with Gasteiger partial charge in [0, 0.05) is 23.6 Å². The van der Waals surface area contributed by atoms with Crippen molar-refractivity contribution >= 4 is 15.9 Å². The summed E-state index contributed by atoms with van der Waals surface area (Å²) in [7, 11) is 1.69. The van der Waals surface area contributed by atoms with Crippen LogP contribution >= 0.6 is 15.9 Å². The smallest absolute Gasteiger partial charge is 0.160 e. The van der Waals surface area contributed by atoms with Crippen molar-refractivity contribution in [1.29, 1.82) is 0 Å². The molecule has 3 aromatic rings. The van der Waals surface area contributed by atoms with Crippen LogP contribution in [0.5, 0.6) is 0 Å². The molecule has 0 N–H and O–H groups in total. The Bertz CT molecular complexity index is 883. The van der Waals surface area contributed by atoms with Crippen molar-refractivity contribution in [3.05, 3.63) is 46.2 Å². The topological polar surface area (TPSA) is 57.8 Å². The third kappa shape index (κ3) is 2.40. The highest BCUT2D eigenvalue weighted by Crippen LogP contribution is 2.33. The summed E-state index contributed by atoms with van der Waals surface area (Å²) in [5.41, 5.74) is 4.27. The average molecular weight is 374 g/mol. The van der Waals surface area contributed by atoms with Gasteiger partial charge < -0.3 is 9.30 Å². The van der Waals surface area contributed by atoms with Gasteiger partial charge in [0.2, 0.25) is 0 Å². The molecule has 6 nitrogen and oxygen atoms in total. The first-order valence-corrected chi connectivity index (χ1v) is 8.22. The predicted octanol–water partition coefficient (Wildman–Crippen LogP) is 2.75. The summed E-state index contributed by atoms with van der Waals surface area (Å²) < 4.78 is 10.3. The Balaban J connectivity index is 1.93. The van der Waals surface area contributed by atoms with Gasteiger partial charge in [0.1, 0.15) is 0 Å². The van der Waals surface area contributed by atoms with Gasteiger partial charge in [-0.3, -0.25) is 0 Å². The van der Waals surface area contributed by atoms with Crippen LogP contribution in [0.15, 0.2) is 29.0 Å². The number of fused-ring (bicyclic) bond motifs is 5. The van der Waals surface area contributed by atoms with Crippen LogP contribution in [0.4, 0.5) is 0 Å². The molecule has 0 saturated carbocycles. The van der Waals surface area contributed by atoms with Crippen molar-refractivity contribution < 1.29 is 4.74 Å². The van der Waals surface area contributed by atoms with Gasteiger partial charge in [0.15, 0.2) is 11.6 Å². The van der Waals surface area contributed by atoms with Crippen molar-refractivity contribution in [3.8, 4) is 17.1 Å². The van der Waals surface area contributed by atoms with E-state index in [2.05, 4.69) is 42.7 Å². The fraction of sp³-hybridized carbons (Fsp3) is 0.312. The molecule has 118 valence electrons. The third-order valence-electron chi connectivity index (χ3n) is 4.08. The number of aryl methyl sites for hydroxylation is 1. The summed E-state index contributed by atoms with van der Waals surface area (Å²) in [5.74, 6) is 1.69. The number of ether oxygens (including phenoxy) is 1. The lowest BCUT2D eigenvalue weighted by atomic mass is 10.1. The predicted molar refractivity (Wildman–Crippen MR) is 89.7 cm³/mol. The molecule has 0 saturated heterocycles. The second-order valence-electron chi connectivity index (χ2n) is 5.56. The normalized spacial score (nSPS) is 12.5. The van der Waals surface area contributed by atoms with E-state index in [-0.39, 0.29) is 0 Å². The highest BCUT2D eigenvalue weighted by molar-refractivity contribution is 9.10. The average Bonchev–Trinajstić information content (AvgIpc) is 3.07. The van der Waals surface area contributed by atoms with Crippen molar-refractivity contribution in [2.75, 3.05) is 13.7 Å². The van der Waals surface area contributed by atoms with Crippen molar-refractivity contribution in [3.63, 3.8) is 0 Å². The van der Waals surface area contributed by atoms with Gasteiger partial charge in [-0.15, -0.1) is 0 Å². The van der Waals surface area contributed by atoms with Crippen molar-refractivity contribution in [2.45, 2.75) is 19.9 Å². The Labute approximate surface area is 142 Å². The molecule has 0 spiro atoms. The molecule has 23 heavy (non-hydrogen) atoms. The highest BCUT2D eigenvalue weighted by Gasteiger charge is 2.23. The minimum atomic E-state index is 0.617. The minimum absolute atomic E-state index is 0.617. The van der Waals surface area contributed by atoms with Gasteiger partial charge in [0.05, 0.1) is 36.6 Å². The molecule has 1 aliphatic heterocycles. The maximum atomic E-state index is 5.14. The van der Waals surface area contributed by atoms with Crippen LogP contribution in [0.25, 0.3) is 17.1 Å². The molecule has 4 rings (SSSR count). The molecule has 0 amide bonds. The Kier molecular flexibility index (Phi) is 3.54. The molecule has 7 heteroatoms. The molecule has 1 aliphatic rings. The van der Waals surface area contributed by atoms with Crippen molar-refractivity contribution in [2.24, 2.45) is 0 Å². The van der Waals surface area contributed by atoms with E-state index < -0.39 is 0 Å². The number of rotatable bonds is 3. The van der Waals surface area contributed by atoms with E-state index in [4.69, 9.17) is 9.72 Å². The zero-order chi connectivity index (χ0) is 16.0. The van der Waals surface area contributed by atoms with Gasteiger partial charge in [-0.05, 0) is 25.1 Å². The van der Waals surface area contributed by atoms with Crippen LogP contribution in [0, 0.1) is 6.92 Å². The van der Waals surface area contributed by atoms with Gasteiger partial charge in [-0.25, -0.2) is 14.6 Å². The van der Waals surface area contributed by atoms with Crippen molar-refractivity contribution in [1.82, 2.24) is 24.3 Å². The fourth-order valence-electron chi connectivity index (χ4n) is 2.90. The van der Waals surface area contributed by atoms with Crippen LogP contribution in [0.3, 0.4) is 0 Å². The lowest BCUT2D eigenvalue weighted by Gasteiger charge is -2.08. The summed E-state index contributed by atoms with van der Waals surface area (Å²) in [6.45, 7) is 3.30. The first-order chi connectivity index (χ1) is 11.2.